The molecule has 2 N–H and O–H groups in total. The normalized spacial score (nSPS) is 24.5. The second-order valence-corrected chi connectivity index (χ2v) is 6.03. The van der Waals surface area contributed by atoms with Crippen LogP contribution in [-0.4, -0.2) is 16.5 Å². The van der Waals surface area contributed by atoms with E-state index in [1.165, 1.54) is 55.4 Å². The van der Waals surface area contributed by atoms with Crippen LogP contribution in [0.25, 0.3) is 11.0 Å². The summed E-state index contributed by atoms with van der Waals surface area (Å²) < 4.78 is 0. The maximum Gasteiger partial charge on any atom is 0.110 e. The Morgan fingerprint density at radius 3 is 2.74 bits per heavy atom. The van der Waals surface area contributed by atoms with Gasteiger partial charge >= 0.3 is 0 Å². The molecule has 19 heavy (non-hydrogen) atoms. The molecule has 1 unspecified atom stereocenters. The number of hydrogen-bond donors (Lipinski definition) is 2. The second-order valence-electron chi connectivity index (χ2n) is 6.03. The fourth-order valence-corrected chi connectivity index (χ4v) is 3.63. The lowest BCUT2D eigenvalue weighted by molar-refractivity contribution is 0.648. The molecule has 100 valence electrons. The van der Waals surface area contributed by atoms with Crippen LogP contribution in [0.4, 0.5) is 0 Å². The monoisotopic (exact) mass is 255 g/mol. The Labute approximate surface area is 113 Å². The maximum atomic E-state index is 4.79. The van der Waals surface area contributed by atoms with Gasteiger partial charge < -0.3 is 10.3 Å². The van der Waals surface area contributed by atoms with Crippen molar-refractivity contribution in [1.82, 2.24) is 15.3 Å². The zero-order chi connectivity index (χ0) is 12.7. The van der Waals surface area contributed by atoms with E-state index in [0.29, 0.717) is 12.0 Å². The van der Waals surface area contributed by atoms with Crippen LogP contribution in [0, 0.1) is 0 Å². The first-order chi connectivity index (χ1) is 9.40. The van der Waals surface area contributed by atoms with Gasteiger partial charge in [0.15, 0.2) is 0 Å². The molecule has 3 heteroatoms. The van der Waals surface area contributed by atoms with Crippen molar-refractivity contribution in [2.75, 3.05) is 6.54 Å². The molecule has 1 saturated heterocycles. The minimum Gasteiger partial charge on any atom is -0.342 e. The highest BCUT2D eigenvalue weighted by Crippen LogP contribution is 2.34. The highest BCUT2D eigenvalue weighted by molar-refractivity contribution is 5.76. The minimum absolute atomic E-state index is 0.544. The number of nitrogens with one attached hydrogen (secondary N) is 2. The Hall–Kier alpha value is -1.35. The van der Waals surface area contributed by atoms with Crippen molar-refractivity contribution in [3.8, 4) is 0 Å². The number of benzene rings is 1. The Kier molecular flexibility index (Phi) is 2.80. The lowest BCUT2D eigenvalue weighted by Gasteiger charge is -2.09. The topological polar surface area (TPSA) is 40.7 Å². The number of imidazole rings is 1. The van der Waals surface area contributed by atoms with Gasteiger partial charge in [0.2, 0.25) is 0 Å². The molecular weight excluding hydrogens is 234 g/mol. The highest BCUT2D eigenvalue weighted by Gasteiger charge is 2.21. The van der Waals surface area contributed by atoms with E-state index in [1.807, 2.05) is 0 Å². The van der Waals surface area contributed by atoms with Crippen LogP contribution in [0.15, 0.2) is 18.2 Å². The van der Waals surface area contributed by atoms with Gasteiger partial charge in [0.25, 0.3) is 0 Å². The van der Waals surface area contributed by atoms with Crippen LogP contribution in [0.3, 0.4) is 0 Å². The zero-order valence-electron chi connectivity index (χ0n) is 11.3. The van der Waals surface area contributed by atoms with Gasteiger partial charge in [-0.25, -0.2) is 4.98 Å². The maximum absolute atomic E-state index is 4.79. The van der Waals surface area contributed by atoms with Crippen molar-refractivity contribution >= 4 is 11.0 Å². The molecule has 0 bridgehead atoms. The molecule has 1 aliphatic heterocycles. The van der Waals surface area contributed by atoms with Crippen LogP contribution in [-0.2, 0) is 0 Å². The van der Waals surface area contributed by atoms with Crippen molar-refractivity contribution in [3.63, 3.8) is 0 Å². The molecule has 1 saturated carbocycles. The standard InChI is InChI=1S/C16H21N3/c1-2-5-11(4-1)16-18-14-8-7-12(10-15(14)19-16)13-6-3-9-17-13/h7-8,10-11,13,17H,1-6,9H2,(H,18,19). The summed E-state index contributed by atoms with van der Waals surface area (Å²) in [5.74, 6) is 1.88. The van der Waals surface area contributed by atoms with Gasteiger partial charge in [-0.05, 0) is 49.9 Å². The third-order valence-corrected chi connectivity index (χ3v) is 4.73. The SMILES string of the molecule is c1cc2nc(C3CCCC3)[nH]c2cc1C1CCCN1. The van der Waals surface area contributed by atoms with Crippen molar-refractivity contribution < 1.29 is 0 Å². The largest absolute Gasteiger partial charge is 0.342 e. The predicted molar refractivity (Wildman–Crippen MR) is 77.3 cm³/mol. The van der Waals surface area contributed by atoms with Crippen molar-refractivity contribution in [1.29, 1.82) is 0 Å². The van der Waals surface area contributed by atoms with Gasteiger partial charge in [-0.1, -0.05) is 18.9 Å². The molecule has 2 aliphatic rings. The van der Waals surface area contributed by atoms with Crippen LogP contribution in [0.5, 0.6) is 0 Å². The first-order valence-corrected chi connectivity index (χ1v) is 7.63. The number of aromatic amines is 1. The van der Waals surface area contributed by atoms with Gasteiger partial charge in [0.05, 0.1) is 11.0 Å². The summed E-state index contributed by atoms with van der Waals surface area (Å²) in [7, 11) is 0. The Morgan fingerprint density at radius 2 is 1.95 bits per heavy atom. The van der Waals surface area contributed by atoms with E-state index < -0.39 is 0 Å². The second kappa shape index (κ2) is 4.64. The molecule has 1 aliphatic carbocycles. The van der Waals surface area contributed by atoms with E-state index in [0.717, 1.165) is 12.1 Å². The summed E-state index contributed by atoms with van der Waals surface area (Å²) in [6.45, 7) is 1.15. The van der Waals surface area contributed by atoms with Crippen LogP contribution in [0.2, 0.25) is 0 Å². The van der Waals surface area contributed by atoms with Crippen LogP contribution < -0.4 is 5.32 Å². The van der Waals surface area contributed by atoms with Crippen LogP contribution in [0.1, 0.15) is 61.9 Å². The third kappa shape index (κ3) is 2.06. The molecule has 4 rings (SSSR count). The lowest BCUT2D eigenvalue weighted by Crippen LogP contribution is -2.12. The van der Waals surface area contributed by atoms with Gasteiger partial charge in [-0.15, -0.1) is 0 Å². The summed E-state index contributed by atoms with van der Waals surface area (Å²) in [5, 5.41) is 3.57. The Bertz CT molecular complexity index is 561. The number of rotatable bonds is 2. The van der Waals surface area contributed by atoms with Gasteiger partial charge in [0.1, 0.15) is 5.82 Å². The van der Waals surface area contributed by atoms with E-state index in [9.17, 15) is 0 Å². The van der Waals surface area contributed by atoms with Gasteiger partial charge in [-0.2, -0.15) is 0 Å². The summed E-state index contributed by atoms with van der Waals surface area (Å²) in [5.41, 5.74) is 3.75. The average molecular weight is 255 g/mol. The highest BCUT2D eigenvalue weighted by atomic mass is 14.9. The molecule has 2 aromatic rings. The number of H-pyrrole nitrogens is 1. The van der Waals surface area contributed by atoms with Gasteiger partial charge in [0, 0.05) is 12.0 Å². The average Bonchev–Trinajstić information content (AvgIpc) is 3.18. The Morgan fingerprint density at radius 1 is 1.05 bits per heavy atom. The smallest absolute Gasteiger partial charge is 0.110 e. The molecule has 1 atom stereocenters. The number of fused-ring (bicyclic) bond motifs is 1. The fourth-order valence-electron chi connectivity index (χ4n) is 3.63. The summed E-state index contributed by atoms with van der Waals surface area (Å²) >= 11 is 0. The molecule has 1 aromatic heterocycles. The third-order valence-electron chi connectivity index (χ3n) is 4.73. The molecule has 3 nitrogen and oxygen atoms in total. The molecule has 1 aromatic carbocycles. The van der Waals surface area contributed by atoms with Crippen molar-refractivity contribution in [3.05, 3.63) is 29.6 Å². The summed E-state index contributed by atoms with van der Waals surface area (Å²) in [6, 6.07) is 7.26. The molecule has 2 fully saturated rings. The first-order valence-electron chi connectivity index (χ1n) is 7.63. The van der Waals surface area contributed by atoms with Crippen molar-refractivity contribution in [2.24, 2.45) is 0 Å². The molecule has 0 amide bonds. The van der Waals surface area contributed by atoms with E-state index in [-0.39, 0.29) is 0 Å². The van der Waals surface area contributed by atoms with E-state index in [2.05, 4.69) is 28.5 Å². The van der Waals surface area contributed by atoms with E-state index >= 15 is 0 Å². The number of nitrogens with zero attached hydrogens (tertiary/aromatic N) is 1. The van der Waals surface area contributed by atoms with E-state index in [4.69, 9.17) is 4.98 Å². The van der Waals surface area contributed by atoms with E-state index in [1.54, 1.807) is 0 Å². The van der Waals surface area contributed by atoms with Crippen LogP contribution >= 0.6 is 0 Å². The van der Waals surface area contributed by atoms with Crippen molar-refractivity contribution in [2.45, 2.75) is 50.5 Å². The molecule has 2 heterocycles. The quantitative estimate of drug-likeness (QED) is 0.860. The van der Waals surface area contributed by atoms with Gasteiger partial charge in [-0.3, -0.25) is 0 Å². The summed E-state index contributed by atoms with van der Waals surface area (Å²) in [4.78, 5) is 8.35. The Balaban J connectivity index is 1.68. The predicted octanol–water partition coefficient (Wildman–Crippen LogP) is 3.65. The zero-order valence-corrected chi connectivity index (χ0v) is 11.3. The minimum atomic E-state index is 0.544. The summed E-state index contributed by atoms with van der Waals surface area (Å²) in [6.07, 6.45) is 7.87. The number of aromatic nitrogens is 2. The molecular formula is C16H21N3. The molecule has 0 radical (unpaired) electrons. The first kappa shape index (κ1) is 11.5. The fraction of sp³-hybridized carbons (Fsp3) is 0.562. The molecule has 0 spiro atoms. The lowest BCUT2D eigenvalue weighted by atomic mass is 10.1. The number of hydrogen-bond acceptors (Lipinski definition) is 2.